The number of carbonyl (C=O) groups is 1. The highest BCUT2D eigenvalue weighted by molar-refractivity contribution is 6.03. The van der Waals surface area contributed by atoms with Gasteiger partial charge in [-0.2, -0.15) is 0 Å². The van der Waals surface area contributed by atoms with Crippen LogP contribution in [0.3, 0.4) is 0 Å². The van der Waals surface area contributed by atoms with Crippen LogP contribution in [0.25, 0.3) is 38.7 Å². The minimum atomic E-state index is -1.28. The molecular formula is C32H27NO6. The van der Waals surface area contributed by atoms with E-state index in [0.717, 1.165) is 16.3 Å². The summed E-state index contributed by atoms with van der Waals surface area (Å²) in [6, 6.07) is 22.5. The fraction of sp³-hybridized carbons (Fsp3) is 0.188. The van der Waals surface area contributed by atoms with Crippen LogP contribution in [0.1, 0.15) is 31.1 Å². The fourth-order valence-electron chi connectivity index (χ4n) is 5.32. The number of aliphatic hydroxyl groups excluding tert-OH is 1. The number of esters is 1. The Hall–Kier alpha value is -4.62. The van der Waals surface area contributed by atoms with Crippen molar-refractivity contribution in [2.24, 2.45) is 0 Å². The van der Waals surface area contributed by atoms with Gasteiger partial charge in [0.05, 0.1) is 29.1 Å². The number of hydrogen-bond acceptors (Lipinski definition) is 6. The lowest BCUT2D eigenvalue weighted by atomic mass is 9.86. The number of nitrogens with one attached hydrogen (secondary N) is 1. The number of pyridine rings is 1. The lowest BCUT2D eigenvalue weighted by molar-refractivity contribution is -0.171. The third-order valence-corrected chi connectivity index (χ3v) is 7.23. The predicted octanol–water partition coefficient (Wildman–Crippen LogP) is 5.67. The number of carbonyl (C=O) groups excluding carboxylic acids is 1. The third-order valence-electron chi connectivity index (χ3n) is 7.23. The molecule has 5 aromatic rings. The average Bonchev–Trinajstić information content (AvgIpc) is 2.93. The van der Waals surface area contributed by atoms with Crippen LogP contribution in [0.4, 0.5) is 0 Å². The number of aromatic nitrogens is 1. The summed E-state index contributed by atoms with van der Waals surface area (Å²) in [5.41, 5.74) is 0.852. The van der Waals surface area contributed by atoms with E-state index in [0.29, 0.717) is 33.5 Å². The molecule has 0 spiro atoms. The molecule has 0 radical (unpaired) electrons. The molecule has 0 aliphatic carbocycles. The summed E-state index contributed by atoms with van der Waals surface area (Å²) in [6.45, 7) is 3.48. The highest BCUT2D eigenvalue weighted by Crippen LogP contribution is 2.47. The summed E-state index contributed by atoms with van der Waals surface area (Å²) in [6.07, 6.45) is 0.637. The highest BCUT2D eigenvalue weighted by Gasteiger charge is 2.47. The Morgan fingerprint density at radius 3 is 2.44 bits per heavy atom. The van der Waals surface area contributed by atoms with E-state index in [4.69, 9.17) is 14.2 Å². The van der Waals surface area contributed by atoms with Crippen molar-refractivity contribution >= 4 is 44.6 Å². The maximum atomic E-state index is 13.8. The zero-order valence-electron chi connectivity index (χ0n) is 21.7. The Kier molecular flexibility index (Phi) is 5.88. The topological polar surface area (TPSA) is 97.9 Å². The summed E-state index contributed by atoms with van der Waals surface area (Å²) in [7, 11) is 1.49. The number of benzene rings is 4. The first-order valence-corrected chi connectivity index (χ1v) is 12.7. The zero-order valence-corrected chi connectivity index (χ0v) is 21.7. The van der Waals surface area contributed by atoms with Crippen molar-refractivity contribution in [2.45, 2.75) is 31.7 Å². The van der Waals surface area contributed by atoms with Gasteiger partial charge in [-0.05, 0) is 48.4 Å². The number of fused-ring (bicyclic) bond motifs is 5. The number of methoxy groups -OCH3 is 1. The van der Waals surface area contributed by atoms with Gasteiger partial charge in [0, 0.05) is 17.5 Å². The minimum absolute atomic E-state index is 0.236. The molecule has 39 heavy (non-hydrogen) atoms. The second-order valence-electron chi connectivity index (χ2n) is 10.2. The smallest absolute Gasteiger partial charge is 0.331 e. The third kappa shape index (κ3) is 4.21. The van der Waals surface area contributed by atoms with Gasteiger partial charge in [0.1, 0.15) is 23.2 Å². The Balaban J connectivity index is 1.49. The Labute approximate surface area is 224 Å². The van der Waals surface area contributed by atoms with Gasteiger partial charge in [-0.1, -0.05) is 54.6 Å². The lowest BCUT2D eigenvalue weighted by Gasteiger charge is -2.42. The van der Waals surface area contributed by atoms with E-state index in [-0.39, 0.29) is 10.8 Å². The summed E-state index contributed by atoms with van der Waals surface area (Å²) >= 11 is 0. The number of ether oxygens (including phenoxy) is 3. The van der Waals surface area contributed by atoms with E-state index in [9.17, 15) is 14.7 Å². The van der Waals surface area contributed by atoms with E-state index in [1.165, 1.54) is 13.2 Å². The van der Waals surface area contributed by atoms with Crippen molar-refractivity contribution < 1.29 is 24.1 Å². The van der Waals surface area contributed by atoms with Crippen LogP contribution in [0.2, 0.25) is 0 Å². The van der Waals surface area contributed by atoms with Gasteiger partial charge in [0.15, 0.2) is 6.10 Å². The highest BCUT2D eigenvalue weighted by atomic mass is 16.6. The number of rotatable bonds is 4. The normalized spacial score (nSPS) is 18.3. The van der Waals surface area contributed by atoms with Gasteiger partial charge in [-0.3, -0.25) is 4.79 Å². The van der Waals surface area contributed by atoms with Crippen molar-refractivity contribution in [3.8, 4) is 11.5 Å². The summed E-state index contributed by atoms with van der Waals surface area (Å²) in [5.74, 6) is 0.0512. The van der Waals surface area contributed by atoms with Crippen molar-refractivity contribution in [2.75, 3.05) is 7.11 Å². The van der Waals surface area contributed by atoms with Gasteiger partial charge in [0.2, 0.25) is 5.43 Å². The molecule has 7 heteroatoms. The molecule has 4 aromatic carbocycles. The van der Waals surface area contributed by atoms with Crippen LogP contribution >= 0.6 is 0 Å². The summed E-state index contributed by atoms with van der Waals surface area (Å²) < 4.78 is 17.6. The number of hydrogen-bond donors (Lipinski definition) is 2. The van der Waals surface area contributed by atoms with Crippen LogP contribution in [-0.2, 0) is 9.53 Å². The number of H-pyrrole nitrogens is 1. The van der Waals surface area contributed by atoms with E-state index in [1.54, 1.807) is 26.0 Å². The molecule has 2 unspecified atom stereocenters. The molecule has 7 nitrogen and oxygen atoms in total. The molecule has 1 aliphatic rings. The molecule has 0 saturated heterocycles. The van der Waals surface area contributed by atoms with E-state index in [1.807, 2.05) is 66.7 Å². The molecular weight excluding hydrogens is 494 g/mol. The Bertz CT molecular complexity index is 1840. The van der Waals surface area contributed by atoms with Crippen molar-refractivity contribution in [3.63, 3.8) is 0 Å². The molecule has 2 heterocycles. The van der Waals surface area contributed by atoms with E-state index < -0.39 is 23.8 Å². The second-order valence-corrected chi connectivity index (χ2v) is 10.2. The molecule has 0 fully saturated rings. The van der Waals surface area contributed by atoms with Crippen LogP contribution in [0, 0.1) is 0 Å². The molecule has 1 aliphatic heterocycles. The largest absolute Gasteiger partial charge is 0.496 e. The van der Waals surface area contributed by atoms with E-state index >= 15 is 0 Å². The maximum Gasteiger partial charge on any atom is 0.331 e. The van der Waals surface area contributed by atoms with Gasteiger partial charge < -0.3 is 24.3 Å². The van der Waals surface area contributed by atoms with Crippen LogP contribution in [0.5, 0.6) is 11.5 Å². The quantitative estimate of drug-likeness (QED) is 0.180. The SMILES string of the molecule is COc1cc2c(c3[nH]c4cc5ccccc5cc4c(=O)c13)C(O)C(OC(=O)/C=C/c1ccccc1)C(C)(C)O2. The van der Waals surface area contributed by atoms with Crippen molar-refractivity contribution in [3.05, 3.63) is 100 Å². The van der Waals surface area contributed by atoms with Gasteiger partial charge in [-0.15, -0.1) is 0 Å². The molecule has 2 N–H and O–H groups in total. The van der Waals surface area contributed by atoms with Crippen LogP contribution < -0.4 is 14.9 Å². The molecule has 2 atom stereocenters. The minimum Gasteiger partial charge on any atom is -0.496 e. The first-order chi connectivity index (χ1) is 18.8. The molecule has 0 bridgehead atoms. The summed E-state index contributed by atoms with van der Waals surface area (Å²) in [5, 5.41) is 14.3. The maximum absolute atomic E-state index is 13.8. The number of aromatic amines is 1. The first-order valence-electron chi connectivity index (χ1n) is 12.7. The molecule has 6 rings (SSSR count). The van der Waals surface area contributed by atoms with Crippen LogP contribution in [0.15, 0.2) is 83.7 Å². The van der Waals surface area contributed by atoms with Crippen molar-refractivity contribution in [1.29, 1.82) is 0 Å². The van der Waals surface area contributed by atoms with Gasteiger partial charge in [0.25, 0.3) is 0 Å². The Morgan fingerprint density at radius 2 is 1.72 bits per heavy atom. The molecule has 1 aromatic heterocycles. The molecule has 0 saturated carbocycles. The molecule has 0 amide bonds. The molecule has 196 valence electrons. The monoisotopic (exact) mass is 521 g/mol. The number of aliphatic hydroxyl groups is 1. The second kappa shape index (κ2) is 9.29. The van der Waals surface area contributed by atoms with Gasteiger partial charge >= 0.3 is 5.97 Å². The van der Waals surface area contributed by atoms with Gasteiger partial charge in [-0.25, -0.2) is 4.79 Å². The van der Waals surface area contributed by atoms with Crippen LogP contribution in [-0.4, -0.2) is 34.9 Å². The predicted molar refractivity (Wildman–Crippen MR) is 151 cm³/mol. The zero-order chi connectivity index (χ0) is 27.3. The standard InChI is InChI=1S/C32H27NO6/c1-32(2)31(38-25(34)14-13-18-9-5-4-6-10-18)30(36)27-24(39-32)17-23(37-3)26-28(27)33-22-16-20-12-8-7-11-19(20)15-21(22)29(26)35/h4-17,30-31,36H,1-3H3,(H,33,35)/b14-13+. The van der Waals surface area contributed by atoms with Crippen molar-refractivity contribution in [1.82, 2.24) is 4.98 Å². The first kappa shape index (κ1) is 24.7. The summed E-state index contributed by atoms with van der Waals surface area (Å²) in [4.78, 5) is 29.9. The fourth-order valence-corrected chi connectivity index (χ4v) is 5.32. The Morgan fingerprint density at radius 1 is 1.03 bits per heavy atom. The van der Waals surface area contributed by atoms with E-state index in [2.05, 4.69) is 4.98 Å². The average molecular weight is 522 g/mol. The lowest BCUT2D eigenvalue weighted by Crippen LogP contribution is -2.51.